The van der Waals surface area contributed by atoms with Crippen molar-refractivity contribution < 1.29 is 0 Å². The summed E-state index contributed by atoms with van der Waals surface area (Å²) >= 11 is 6.03. The molecule has 0 aromatic carbocycles. The SMILES string of the molecule is CC.CC(C)c1cn(-c2ccccn2)nc1Cl. The van der Waals surface area contributed by atoms with Gasteiger partial charge < -0.3 is 0 Å². The van der Waals surface area contributed by atoms with Crippen LogP contribution in [0.5, 0.6) is 0 Å². The molecule has 0 bridgehead atoms. The molecule has 0 saturated carbocycles. The Morgan fingerprint density at radius 1 is 1.24 bits per heavy atom. The van der Waals surface area contributed by atoms with Crippen LogP contribution < -0.4 is 0 Å². The van der Waals surface area contributed by atoms with Gasteiger partial charge in [-0.05, 0) is 18.1 Å². The monoisotopic (exact) mass is 251 g/mol. The summed E-state index contributed by atoms with van der Waals surface area (Å²) in [6.45, 7) is 8.18. The van der Waals surface area contributed by atoms with Crippen molar-refractivity contribution >= 4 is 11.6 Å². The Labute approximate surface area is 107 Å². The van der Waals surface area contributed by atoms with Crippen LogP contribution in [0.1, 0.15) is 39.2 Å². The van der Waals surface area contributed by atoms with Crippen molar-refractivity contribution in [2.75, 3.05) is 0 Å². The van der Waals surface area contributed by atoms with Gasteiger partial charge in [-0.25, -0.2) is 9.67 Å². The molecule has 17 heavy (non-hydrogen) atoms. The van der Waals surface area contributed by atoms with E-state index in [1.165, 1.54) is 0 Å². The first kappa shape index (κ1) is 13.7. The highest BCUT2D eigenvalue weighted by Gasteiger charge is 2.11. The van der Waals surface area contributed by atoms with Crippen LogP contribution in [0.4, 0.5) is 0 Å². The van der Waals surface area contributed by atoms with Gasteiger partial charge in [0, 0.05) is 18.0 Å². The maximum atomic E-state index is 6.03. The van der Waals surface area contributed by atoms with Gasteiger partial charge >= 0.3 is 0 Å². The first-order chi connectivity index (χ1) is 8.18. The first-order valence-corrected chi connectivity index (χ1v) is 6.22. The number of hydrogen-bond donors (Lipinski definition) is 0. The molecule has 0 spiro atoms. The smallest absolute Gasteiger partial charge is 0.155 e. The standard InChI is InChI=1S/C11H12ClN3.C2H6/c1-8(2)9-7-15(14-11(9)12)10-5-3-4-6-13-10;1-2/h3-8H,1-2H3;1-2H3. The zero-order chi connectivity index (χ0) is 12.8. The average Bonchev–Trinajstić information content (AvgIpc) is 2.75. The molecule has 0 amide bonds. The lowest BCUT2D eigenvalue weighted by Gasteiger charge is -1.99. The van der Waals surface area contributed by atoms with Gasteiger partial charge in [0.25, 0.3) is 0 Å². The lowest BCUT2D eigenvalue weighted by atomic mass is 10.1. The summed E-state index contributed by atoms with van der Waals surface area (Å²) in [6, 6.07) is 5.69. The molecule has 2 heterocycles. The van der Waals surface area contributed by atoms with E-state index < -0.39 is 0 Å². The Morgan fingerprint density at radius 2 is 1.94 bits per heavy atom. The van der Waals surface area contributed by atoms with Gasteiger partial charge in [-0.3, -0.25) is 0 Å². The number of nitrogens with zero attached hydrogens (tertiary/aromatic N) is 3. The molecule has 0 N–H and O–H groups in total. The van der Waals surface area contributed by atoms with Gasteiger partial charge in [-0.1, -0.05) is 45.4 Å². The number of rotatable bonds is 2. The van der Waals surface area contributed by atoms with E-state index in [1.807, 2.05) is 38.2 Å². The third kappa shape index (κ3) is 3.30. The molecule has 0 aliphatic carbocycles. The molecule has 4 heteroatoms. The summed E-state index contributed by atoms with van der Waals surface area (Å²) in [5, 5.41) is 4.77. The summed E-state index contributed by atoms with van der Waals surface area (Å²) in [4.78, 5) is 4.20. The fourth-order valence-corrected chi connectivity index (χ4v) is 1.71. The highest BCUT2D eigenvalue weighted by molar-refractivity contribution is 6.30. The van der Waals surface area contributed by atoms with E-state index in [-0.39, 0.29) is 0 Å². The lowest BCUT2D eigenvalue weighted by molar-refractivity contribution is 0.839. The van der Waals surface area contributed by atoms with E-state index in [2.05, 4.69) is 23.9 Å². The predicted octanol–water partition coefficient (Wildman–Crippen LogP) is 4.07. The minimum atomic E-state index is 0.370. The van der Waals surface area contributed by atoms with Gasteiger partial charge in [0.1, 0.15) is 0 Å². The Kier molecular flexibility index (Phi) is 5.16. The first-order valence-electron chi connectivity index (χ1n) is 5.85. The molecule has 0 radical (unpaired) electrons. The number of aromatic nitrogens is 3. The van der Waals surface area contributed by atoms with Crippen LogP contribution in [0.25, 0.3) is 5.82 Å². The second kappa shape index (κ2) is 6.40. The van der Waals surface area contributed by atoms with Crippen molar-refractivity contribution in [2.45, 2.75) is 33.6 Å². The minimum Gasteiger partial charge on any atom is -0.237 e. The summed E-state index contributed by atoms with van der Waals surface area (Å²) in [5.74, 6) is 1.15. The third-order valence-electron chi connectivity index (χ3n) is 2.20. The normalized spacial score (nSPS) is 10.0. The second-order valence-corrected chi connectivity index (χ2v) is 4.02. The summed E-state index contributed by atoms with van der Waals surface area (Å²) in [5.41, 5.74) is 1.04. The molecular weight excluding hydrogens is 234 g/mol. The van der Waals surface area contributed by atoms with Crippen molar-refractivity contribution in [3.8, 4) is 5.82 Å². The number of hydrogen-bond acceptors (Lipinski definition) is 2. The summed E-state index contributed by atoms with van der Waals surface area (Å²) < 4.78 is 1.71. The van der Waals surface area contributed by atoms with E-state index >= 15 is 0 Å². The quantitative estimate of drug-likeness (QED) is 0.806. The molecule has 0 aliphatic heterocycles. The van der Waals surface area contributed by atoms with E-state index in [0.717, 1.165) is 11.4 Å². The topological polar surface area (TPSA) is 30.7 Å². The Bertz CT molecular complexity index is 449. The Balaban J connectivity index is 0.000000686. The molecular formula is C13H18ClN3. The number of halogens is 1. The maximum absolute atomic E-state index is 6.03. The van der Waals surface area contributed by atoms with Crippen molar-refractivity contribution in [1.29, 1.82) is 0 Å². The van der Waals surface area contributed by atoms with Gasteiger partial charge in [0.2, 0.25) is 0 Å². The van der Waals surface area contributed by atoms with Gasteiger partial charge in [0.05, 0.1) is 0 Å². The lowest BCUT2D eigenvalue weighted by Crippen LogP contribution is -1.96. The molecule has 0 atom stereocenters. The average molecular weight is 252 g/mol. The molecule has 2 aromatic heterocycles. The minimum absolute atomic E-state index is 0.370. The van der Waals surface area contributed by atoms with Crippen LogP contribution in [-0.2, 0) is 0 Å². The van der Waals surface area contributed by atoms with Gasteiger partial charge in [-0.2, -0.15) is 5.10 Å². The molecule has 2 aromatic rings. The van der Waals surface area contributed by atoms with Crippen LogP contribution in [0.3, 0.4) is 0 Å². The molecule has 0 unspecified atom stereocenters. The van der Waals surface area contributed by atoms with E-state index in [1.54, 1.807) is 10.9 Å². The van der Waals surface area contributed by atoms with Crippen LogP contribution in [0.15, 0.2) is 30.6 Å². The van der Waals surface area contributed by atoms with Crippen LogP contribution in [-0.4, -0.2) is 14.8 Å². The van der Waals surface area contributed by atoms with E-state index in [9.17, 15) is 0 Å². The van der Waals surface area contributed by atoms with E-state index in [4.69, 9.17) is 11.6 Å². The zero-order valence-corrected chi connectivity index (χ0v) is 11.4. The number of pyridine rings is 1. The molecule has 2 rings (SSSR count). The molecule has 92 valence electrons. The fraction of sp³-hybridized carbons (Fsp3) is 0.385. The molecule has 0 fully saturated rings. The van der Waals surface area contributed by atoms with Crippen LogP contribution in [0, 0.1) is 0 Å². The highest BCUT2D eigenvalue weighted by atomic mass is 35.5. The van der Waals surface area contributed by atoms with Crippen molar-refractivity contribution in [2.24, 2.45) is 0 Å². The summed E-state index contributed by atoms with van der Waals surface area (Å²) in [7, 11) is 0. The fourth-order valence-electron chi connectivity index (χ4n) is 1.36. The van der Waals surface area contributed by atoms with Crippen LogP contribution in [0.2, 0.25) is 5.15 Å². The van der Waals surface area contributed by atoms with Gasteiger partial charge in [0.15, 0.2) is 11.0 Å². The maximum Gasteiger partial charge on any atom is 0.155 e. The molecule has 3 nitrogen and oxygen atoms in total. The summed E-state index contributed by atoms with van der Waals surface area (Å²) in [6.07, 6.45) is 3.66. The van der Waals surface area contributed by atoms with Crippen LogP contribution >= 0.6 is 11.6 Å². The molecule has 0 saturated heterocycles. The Morgan fingerprint density at radius 3 is 2.41 bits per heavy atom. The third-order valence-corrected chi connectivity index (χ3v) is 2.49. The van der Waals surface area contributed by atoms with E-state index in [0.29, 0.717) is 11.1 Å². The predicted molar refractivity (Wildman–Crippen MR) is 71.8 cm³/mol. The largest absolute Gasteiger partial charge is 0.237 e. The second-order valence-electron chi connectivity index (χ2n) is 3.66. The zero-order valence-electron chi connectivity index (χ0n) is 10.7. The van der Waals surface area contributed by atoms with Crippen molar-refractivity contribution in [3.63, 3.8) is 0 Å². The van der Waals surface area contributed by atoms with Gasteiger partial charge in [-0.15, -0.1) is 0 Å². The van der Waals surface area contributed by atoms with Crippen molar-refractivity contribution in [3.05, 3.63) is 41.3 Å². The Hall–Kier alpha value is -1.35. The molecule has 0 aliphatic rings. The van der Waals surface area contributed by atoms with Crippen molar-refractivity contribution in [1.82, 2.24) is 14.8 Å². The highest BCUT2D eigenvalue weighted by Crippen LogP contribution is 2.23.